The maximum absolute atomic E-state index is 3.43. The third kappa shape index (κ3) is 3.44. The van der Waals surface area contributed by atoms with Crippen LogP contribution in [0.25, 0.3) is 10.8 Å². The van der Waals surface area contributed by atoms with Crippen LogP contribution < -0.4 is 0 Å². The zero-order valence-corrected chi connectivity index (χ0v) is 11.7. The highest BCUT2D eigenvalue weighted by Crippen LogP contribution is 2.17. The Kier molecular flexibility index (Phi) is 4.38. The molecule has 0 bridgehead atoms. The van der Waals surface area contributed by atoms with Crippen molar-refractivity contribution in [3.8, 4) is 0 Å². The van der Waals surface area contributed by atoms with Gasteiger partial charge in [0.15, 0.2) is 0 Å². The fraction of sp³-hybridized carbons (Fsp3) is 0.250. The largest absolute Gasteiger partial charge is 0.0883 e. The molecule has 88 valence electrons. The second-order valence-electron chi connectivity index (χ2n) is 4.39. The van der Waals surface area contributed by atoms with Crippen molar-refractivity contribution in [3.63, 3.8) is 0 Å². The zero-order chi connectivity index (χ0) is 12.1. The van der Waals surface area contributed by atoms with Crippen molar-refractivity contribution in [2.24, 2.45) is 0 Å². The van der Waals surface area contributed by atoms with E-state index in [0.717, 1.165) is 18.2 Å². The summed E-state index contributed by atoms with van der Waals surface area (Å²) in [7, 11) is 0. The Bertz CT molecular complexity index is 526. The first kappa shape index (κ1) is 12.4. The number of hydrogen-bond acceptors (Lipinski definition) is 0. The molecule has 0 amide bonds. The van der Waals surface area contributed by atoms with Gasteiger partial charge < -0.3 is 0 Å². The van der Waals surface area contributed by atoms with Crippen LogP contribution in [-0.4, -0.2) is 5.33 Å². The van der Waals surface area contributed by atoms with E-state index in [-0.39, 0.29) is 0 Å². The molecule has 0 saturated carbocycles. The third-order valence-corrected chi connectivity index (χ3v) is 3.37. The summed E-state index contributed by atoms with van der Waals surface area (Å²) >= 11 is 3.43. The smallest absolute Gasteiger partial charge is 0.0214 e. The summed E-state index contributed by atoms with van der Waals surface area (Å²) in [5.41, 5.74) is 2.88. The Morgan fingerprint density at radius 3 is 2.65 bits per heavy atom. The monoisotopic (exact) mass is 288 g/mol. The SMILES string of the molecule is C/C(=C\CBr)CCc1ccc2ccccc2c1. The van der Waals surface area contributed by atoms with Crippen molar-refractivity contribution >= 4 is 26.7 Å². The molecule has 17 heavy (non-hydrogen) atoms. The topological polar surface area (TPSA) is 0 Å². The number of allylic oxidation sites excluding steroid dienone is 2. The lowest BCUT2D eigenvalue weighted by Crippen LogP contribution is -1.87. The molecule has 0 aromatic heterocycles. The van der Waals surface area contributed by atoms with E-state index >= 15 is 0 Å². The summed E-state index contributed by atoms with van der Waals surface area (Å²) in [6, 6.07) is 15.3. The highest BCUT2D eigenvalue weighted by atomic mass is 79.9. The molecule has 0 radical (unpaired) electrons. The van der Waals surface area contributed by atoms with Gasteiger partial charge in [-0.25, -0.2) is 0 Å². The molecule has 2 rings (SSSR count). The molecule has 0 unspecified atom stereocenters. The Morgan fingerprint density at radius 1 is 1.12 bits per heavy atom. The Labute approximate surface area is 111 Å². The molecule has 1 heteroatoms. The Balaban J connectivity index is 2.12. The lowest BCUT2D eigenvalue weighted by molar-refractivity contribution is 0.941. The van der Waals surface area contributed by atoms with Crippen LogP contribution in [0.15, 0.2) is 54.1 Å². The van der Waals surface area contributed by atoms with Crippen molar-refractivity contribution in [2.75, 3.05) is 5.33 Å². The second-order valence-corrected chi connectivity index (χ2v) is 5.03. The van der Waals surface area contributed by atoms with Gasteiger partial charge in [-0.1, -0.05) is 70.0 Å². The highest BCUT2D eigenvalue weighted by Gasteiger charge is 1.97. The molecule has 0 nitrogen and oxygen atoms in total. The Morgan fingerprint density at radius 2 is 1.88 bits per heavy atom. The first-order valence-corrected chi connectivity index (χ1v) is 7.11. The van der Waals surface area contributed by atoms with Crippen LogP contribution in [-0.2, 0) is 6.42 Å². The van der Waals surface area contributed by atoms with Crippen molar-refractivity contribution in [2.45, 2.75) is 19.8 Å². The van der Waals surface area contributed by atoms with Gasteiger partial charge in [0.1, 0.15) is 0 Å². The molecule has 2 aromatic rings. The zero-order valence-electron chi connectivity index (χ0n) is 10.1. The van der Waals surface area contributed by atoms with E-state index in [2.05, 4.69) is 71.4 Å². The minimum atomic E-state index is 0.955. The molecule has 0 heterocycles. The molecule has 0 N–H and O–H groups in total. The number of benzene rings is 2. The molecule has 2 aromatic carbocycles. The summed E-state index contributed by atoms with van der Waals surface area (Å²) in [6.07, 6.45) is 4.51. The standard InChI is InChI=1S/C16H17Br/c1-13(10-11-17)6-7-14-8-9-15-4-2-3-5-16(15)12-14/h2-5,8-10,12H,6-7,11H2,1H3/b13-10+. The van der Waals surface area contributed by atoms with Crippen LogP contribution in [0.3, 0.4) is 0 Å². The number of halogens is 1. The van der Waals surface area contributed by atoms with Gasteiger partial charge in [0.05, 0.1) is 0 Å². The second kappa shape index (κ2) is 6.02. The minimum absolute atomic E-state index is 0.955. The van der Waals surface area contributed by atoms with Crippen molar-refractivity contribution in [1.82, 2.24) is 0 Å². The lowest BCUT2D eigenvalue weighted by Gasteiger charge is -2.04. The van der Waals surface area contributed by atoms with E-state index in [1.54, 1.807) is 0 Å². The van der Waals surface area contributed by atoms with Gasteiger partial charge in [0.25, 0.3) is 0 Å². The maximum Gasteiger partial charge on any atom is 0.0214 e. The molecule has 0 aliphatic heterocycles. The fourth-order valence-corrected chi connectivity index (χ4v) is 2.52. The molecular weight excluding hydrogens is 272 g/mol. The van der Waals surface area contributed by atoms with Crippen molar-refractivity contribution in [1.29, 1.82) is 0 Å². The summed E-state index contributed by atoms with van der Waals surface area (Å²) in [6.45, 7) is 2.20. The third-order valence-electron chi connectivity index (χ3n) is 3.05. The van der Waals surface area contributed by atoms with E-state index < -0.39 is 0 Å². The molecule has 0 saturated heterocycles. The summed E-state index contributed by atoms with van der Waals surface area (Å²) in [5.74, 6) is 0. The average Bonchev–Trinajstić information content (AvgIpc) is 2.36. The van der Waals surface area contributed by atoms with Crippen LogP contribution in [0.4, 0.5) is 0 Å². The van der Waals surface area contributed by atoms with Crippen molar-refractivity contribution in [3.05, 3.63) is 59.7 Å². The van der Waals surface area contributed by atoms with Gasteiger partial charge in [-0.2, -0.15) is 0 Å². The van der Waals surface area contributed by atoms with Gasteiger partial charge in [0.2, 0.25) is 0 Å². The fourth-order valence-electron chi connectivity index (χ4n) is 1.97. The van der Waals surface area contributed by atoms with Gasteiger partial charge in [0, 0.05) is 5.33 Å². The number of fused-ring (bicyclic) bond motifs is 1. The normalized spacial score (nSPS) is 12.0. The number of aryl methyl sites for hydroxylation is 1. The van der Waals surface area contributed by atoms with E-state index in [0.29, 0.717) is 0 Å². The number of hydrogen-bond donors (Lipinski definition) is 0. The predicted octanol–water partition coefficient (Wildman–Crippen LogP) is 5.11. The predicted molar refractivity (Wildman–Crippen MR) is 79.8 cm³/mol. The molecule has 0 aliphatic rings. The number of alkyl halides is 1. The first-order chi connectivity index (χ1) is 8.29. The van der Waals surface area contributed by atoms with Crippen molar-refractivity contribution < 1.29 is 0 Å². The molecule has 0 atom stereocenters. The lowest BCUT2D eigenvalue weighted by atomic mass is 10.0. The van der Waals surface area contributed by atoms with Crippen LogP contribution in [0.1, 0.15) is 18.9 Å². The van der Waals surface area contributed by atoms with Gasteiger partial charge in [-0.3, -0.25) is 0 Å². The summed E-state index contributed by atoms with van der Waals surface area (Å²) in [5, 5.41) is 3.62. The van der Waals surface area contributed by atoms with Crippen LogP contribution in [0.5, 0.6) is 0 Å². The molecular formula is C16H17Br. The average molecular weight is 289 g/mol. The van der Waals surface area contributed by atoms with E-state index in [1.807, 2.05) is 0 Å². The number of rotatable bonds is 4. The Hall–Kier alpha value is -1.08. The molecule has 0 spiro atoms. The summed E-state index contributed by atoms with van der Waals surface area (Å²) < 4.78 is 0. The van der Waals surface area contributed by atoms with Crippen LogP contribution >= 0.6 is 15.9 Å². The van der Waals surface area contributed by atoms with Gasteiger partial charge >= 0.3 is 0 Å². The molecule has 0 fully saturated rings. The van der Waals surface area contributed by atoms with E-state index in [4.69, 9.17) is 0 Å². The first-order valence-electron chi connectivity index (χ1n) is 5.99. The quantitative estimate of drug-likeness (QED) is 0.541. The van der Waals surface area contributed by atoms with E-state index in [9.17, 15) is 0 Å². The van der Waals surface area contributed by atoms with Gasteiger partial charge in [-0.05, 0) is 36.1 Å². The van der Waals surface area contributed by atoms with E-state index in [1.165, 1.54) is 21.9 Å². The highest BCUT2D eigenvalue weighted by molar-refractivity contribution is 9.09. The summed E-state index contributed by atoms with van der Waals surface area (Å²) in [4.78, 5) is 0. The maximum atomic E-state index is 3.43. The minimum Gasteiger partial charge on any atom is -0.0883 e. The van der Waals surface area contributed by atoms with Crippen LogP contribution in [0.2, 0.25) is 0 Å². The molecule has 0 aliphatic carbocycles. The van der Waals surface area contributed by atoms with Gasteiger partial charge in [-0.15, -0.1) is 0 Å². The van der Waals surface area contributed by atoms with Crippen LogP contribution in [0, 0.1) is 0 Å².